The Morgan fingerprint density at radius 3 is 2.58 bits per heavy atom. The molecule has 6 heteroatoms. The topological polar surface area (TPSA) is 65.6 Å². The summed E-state index contributed by atoms with van der Waals surface area (Å²) in [4.78, 5) is 33.9. The number of hydrogen-bond acceptors (Lipinski definition) is 3. The number of benzene rings is 3. The van der Waals surface area contributed by atoms with Gasteiger partial charge in [0.05, 0.1) is 13.7 Å². The number of para-hydroxylation sites is 1. The number of H-pyrrole nitrogens is 1. The number of methoxy groups -OCH3 is 1. The molecule has 3 aromatic carbocycles. The zero-order chi connectivity index (χ0) is 22.5. The highest BCUT2D eigenvalue weighted by atomic mass is 16.5. The summed E-state index contributed by atoms with van der Waals surface area (Å²) in [7, 11) is 1.63. The third-order valence-electron chi connectivity index (χ3n) is 6.73. The fraction of sp³-hybridized carbons (Fsp3) is 0.185. The zero-order valence-corrected chi connectivity index (χ0v) is 18.2. The van der Waals surface area contributed by atoms with Gasteiger partial charge in [0.15, 0.2) is 0 Å². The second-order valence-electron chi connectivity index (χ2n) is 8.56. The van der Waals surface area contributed by atoms with Gasteiger partial charge in [-0.05, 0) is 34.9 Å². The number of amides is 3. The lowest BCUT2D eigenvalue weighted by Crippen LogP contribution is -2.44. The number of fused-ring (bicyclic) bond motifs is 4. The number of rotatable bonds is 4. The van der Waals surface area contributed by atoms with Crippen LogP contribution in [0.3, 0.4) is 0 Å². The minimum atomic E-state index is -0.538. The van der Waals surface area contributed by atoms with E-state index in [1.54, 1.807) is 12.0 Å². The minimum absolute atomic E-state index is 0.146. The summed E-state index contributed by atoms with van der Waals surface area (Å²) < 4.78 is 5.46. The van der Waals surface area contributed by atoms with E-state index in [1.165, 1.54) is 4.90 Å². The van der Waals surface area contributed by atoms with Gasteiger partial charge in [-0.25, -0.2) is 4.79 Å². The Kier molecular flexibility index (Phi) is 4.47. The molecule has 2 aliphatic heterocycles. The van der Waals surface area contributed by atoms with E-state index in [1.807, 2.05) is 72.8 Å². The summed E-state index contributed by atoms with van der Waals surface area (Å²) in [5, 5.41) is 1.10. The van der Waals surface area contributed by atoms with Gasteiger partial charge in [0, 0.05) is 23.0 Å². The van der Waals surface area contributed by atoms with Gasteiger partial charge in [-0.15, -0.1) is 0 Å². The molecule has 1 aromatic heterocycles. The molecule has 0 bridgehead atoms. The summed E-state index contributed by atoms with van der Waals surface area (Å²) in [6.07, 6.45) is 0.496. The molecule has 0 aliphatic carbocycles. The SMILES string of the molecule is COc1cccc(C2c3[nH]c4ccccc4c3C[C@H]3C(=O)N(Cc4ccccc4)C(=O)N23)c1. The molecule has 6 nitrogen and oxygen atoms in total. The van der Waals surface area contributed by atoms with E-state index in [0.29, 0.717) is 12.2 Å². The predicted octanol–water partition coefficient (Wildman–Crippen LogP) is 4.66. The molecule has 4 aromatic rings. The second kappa shape index (κ2) is 7.52. The minimum Gasteiger partial charge on any atom is -0.497 e. The Morgan fingerprint density at radius 1 is 0.970 bits per heavy atom. The zero-order valence-electron chi connectivity index (χ0n) is 18.2. The van der Waals surface area contributed by atoms with Gasteiger partial charge in [-0.2, -0.15) is 0 Å². The molecular formula is C27H23N3O3. The van der Waals surface area contributed by atoms with E-state index in [0.717, 1.165) is 33.3 Å². The number of carbonyl (C=O) groups excluding carboxylic acids is 2. The maximum absolute atomic E-state index is 13.7. The van der Waals surface area contributed by atoms with Crippen molar-refractivity contribution in [3.8, 4) is 5.75 Å². The van der Waals surface area contributed by atoms with E-state index >= 15 is 0 Å². The van der Waals surface area contributed by atoms with Crippen molar-refractivity contribution >= 4 is 22.8 Å². The molecule has 0 spiro atoms. The third kappa shape index (κ3) is 3.02. The van der Waals surface area contributed by atoms with Crippen molar-refractivity contribution in [1.29, 1.82) is 0 Å². The lowest BCUT2D eigenvalue weighted by molar-refractivity contribution is -0.129. The van der Waals surface area contributed by atoms with E-state index in [9.17, 15) is 9.59 Å². The highest BCUT2D eigenvalue weighted by molar-refractivity contribution is 6.05. The van der Waals surface area contributed by atoms with Crippen LogP contribution in [-0.2, 0) is 17.8 Å². The number of carbonyl (C=O) groups is 2. The van der Waals surface area contributed by atoms with Crippen LogP contribution in [0, 0.1) is 0 Å². The van der Waals surface area contributed by atoms with Crippen molar-refractivity contribution in [3.05, 3.63) is 101 Å². The maximum atomic E-state index is 13.7. The van der Waals surface area contributed by atoms with Crippen LogP contribution in [0.1, 0.15) is 28.4 Å². The number of aromatic amines is 1. The lowest BCUT2D eigenvalue weighted by atomic mass is 9.89. The maximum Gasteiger partial charge on any atom is 0.328 e. The molecule has 1 N–H and O–H groups in total. The first-order chi connectivity index (χ1) is 16.2. The largest absolute Gasteiger partial charge is 0.497 e. The summed E-state index contributed by atoms with van der Waals surface area (Å²) in [6, 6.07) is 24.3. The average molecular weight is 437 g/mol. The molecule has 0 radical (unpaired) electrons. The second-order valence-corrected chi connectivity index (χ2v) is 8.56. The predicted molar refractivity (Wildman–Crippen MR) is 125 cm³/mol. The summed E-state index contributed by atoms with van der Waals surface area (Å²) in [6.45, 7) is 0.269. The molecule has 1 fully saturated rings. The fourth-order valence-corrected chi connectivity index (χ4v) is 5.20. The number of nitrogens with one attached hydrogen (secondary N) is 1. The van der Waals surface area contributed by atoms with Gasteiger partial charge in [0.25, 0.3) is 5.91 Å². The molecule has 1 saturated heterocycles. The van der Waals surface area contributed by atoms with Crippen LogP contribution in [0.4, 0.5) is 4.79 Å². The number of urea groups is 1. The Hall–Kier alpha value is -4.06. The number of nitrogens with zero attached hydrogens (tertiary/aromatic N) is 2. The van der Waals surface area contributed by atoms with E-state index in [4.69, 9.17) is 4.74 Å². The third-order valence-corrected chi connectivity index (χ3v) is 6.73. The van der Waals surface area contributed by atoms with Crippen LogP contribution in [-0.4, -0.2) is 39.9 Å². The van der Waals surface area contributed by atoms with Crippen LogP contribution >= 0.6 is 0 Å². The van der Waals surface area contributed by atoms with Gasteiger partial charge < -0.3 is 9.72 Å². The number of imide groups is 1. The first-order valence-electron chi connectivity index (χ1n) is 11.1. The van der Waals surface area contributed by atoms with Crippen molar-refractivity contribution in [2.24, 2.45) is 0 Å². The molecule has 6 rings (SSSR count). The van der Waals surface area contributed by atoms with Gasteiger partial charge >= 0.3 is 6.03 Å². The van der Waals surface area contributed by atoms with Gasteiger partial charge in [0.1, 0.15) is 17.8 Å². The first-order valence-corrected chi connectivity index (χ1v) is 11.1. The Balaban J connectivity index is 1.49. The summed E-state index contributed by atoms with van der Waals surface area (Å²) >= 11 is 0. The van der Waals surface area contributed by atoms with Crippen molar-refractivity contribution in [3.63, 3.8) is 0 Å². The molecule has 33 heavy (non-hydrogen) atoms. The molecule has 3 amide bonds. The molecule has 2 atom stereocenters. The number of aromatic nitrogens is 1. The van der Waals surface area contributed by atoms with Crippen LogP contribution in [0.25, 0.3) is 10.9 Å². The van der Waals surface area contributed by atoms with E-state index in [-0.39, 0.29) is 18.5 Å². The molecule has 164 valence electrons. The quantitative estimate of drug-likeness (QED) is 0.473. The van der Waals surface area contributed by atoms with Crippen molar-refractivity contribution in [2.75, 3.05) is 7.11 Å². The molecule has 3 heterocycles. The van der Waals surface area contributed by atoms with E-state index in [2.05, 4.69) is 11.1 Å². The lowest BCUT2D eigenvalue weighted by Gasteiger charge is -2.36. The molecule has 1 unspecified atom stereocenters. The fourth-order valence-electron chi connectivity index (χ4n) is 5.20. The van der Waals surface area contributed by atoms with Gasteiger partial charge in [0.2, 0.25) is 0 Å². The Labute approximate surface area is 191 Å². The molecule has 2 aliphatic rings. The van der Waals surface area contributed by atoms with Crippen LogP contribution in [0.2, 0.25) is 0 Å². The van der Waals surface area contributed by atoms with E-state index < -0.39 is 12.1 Å². The van der Waals surface area contributed by atoms with Crippen molar-refractivity contribution in [2.45, 2.75) is 25.0 Å². The Morgan fingerprint density at radius 2 is 1.76 bits per heavy atom. The average Bonchev–Trinajstić information content (AvgIpc) is 3.34. The first kappa shape index (κ1) is 19.6. The molecular weight excluding hydrogens is 414 g/mol. The number of hydrogen-bond donors (Lipinski definition) is 1. The highest BCUT2D eigenvalue weighted by Gasteiger charge is 2.52. The summed E-state index contributed by atoms with van der Waals surface area (Å²) in [5.41, 5.74) is 4.92. The van der Waals surface area contributed by atoms with Crippen LogP contribution < -0.4 is 4.74 Å². The van der Waals surface area contributed by atoms with Crippen LogP contribution in [0.15, 0.2) is 78.9 Å². The van der Waals surface area contributed by atoms with Crippen molar-refractivity contribution < 1.29 is 14.3 Å². The van der Waals surface area contributed by atoms with Gasteiger partial charge in [-0.1, -0.05) is 60.7 Å². The smallest absolute Gasteiger partial charge is 0.328 e. The normalized spacial score (nSPS) is 19.7. The standard InChI is InChI=1S/C27H23N3O3/c1-33-19-11-7-10-18(14-19)25-24-21(20-12-5-6-13-22(20)28-24)15-23-26(31)29(27(32)30(23)25)16-17-8-3-2-4-9-17/h2-14,23,25,28H,15-16H2,1H3/t23-,25?/m0/s1. The van der Waals surface area contributed by atoms with Crippen molar-refractivity contribution in [1.82, 2.24) is 14.8 Å². The van der Waals surface area contributed by atoms with Crippen LogP contribution in [0.5, 0.6) is 5.75 Å². The highest BCUT2D eigenvalue weighted by Crippen LogP contribution is 2.44. The molecule has 0 saturated carbocycles. The summed E-state index contributed by atoms with van der Waals surface area (Å²) in [5.74, 6) is 0.569. The Bertz CT molecular complexity index is 1380. The number of ether oxygens (including phenoxy) is 1. The monoisotopic (exact) mass is 437 g/mol. The van der Waals surface area contributed by atoms with Gasteiger partial charge in [-0.3, -0.25) is 14.6 Å².